The second-order valence-corrected chi connectivity index (χ2v) is 4.55. The number of benzene rings is 1. The van der Waals surface area contributed by atoms with E-state index in [9.17, 15) is 0 Å². The van der Waals surface area contributed by atoms with Gasteiger partial charge in [0.1, 0.15) is 11.5 Å². The second-order valence-electron chi connectivity index (χ2n) is 4.55. The molecule has 0 aliphatic heterocycles. The Labute approximate surface area is 141 Å². The lowest BCUT2D eigenvalue weighted by Crippen LogP contribution is -2.19. The van der Waals surface area contributed by atoms with E-state index in [4.69, 9.17) is 34.4 Å². The molecule has 0 radical (unpaired) electrons. The minimum absolute atomic E-state index is 0.195. The number of ether oxygens (including phenoxy) is 2. The summed E-state index contributed by atoms with van der Waals surface area (Å²) >= 11 is 0. The number of carbonyl (C=O) groups is 2. The molecule has 8 nitrogen and oxygen atoms in total. The van der Waals surface area contributed by atoms with Gasteiger partial charge in [-0.3, -0.25) is 0 Å². The topological polar surface area (TPSA) is 125 Å². The van der Waals surface area contributed by atoms with Crippen molar-refractivity contribution < 1.29 is 34.4 Å². The summed E-state index contributed by atoms with van der Waals surface area (Å²) in [7, 11) is 0. The molecule has 0 spiro atoms. The summed E-state index contributed by atoms with van der Waals surface area (Å²) in [4.78, 5) is 18.2. The first kappa shape index (κ1) is 21.7. The van der Waals surface area contributed by atoms with E-state index in [0.717, 1.165) is 30.9 Å². The first-order valence-electron chi connectivity index (χ1n) is 7.64. The van der Waals surface area contributed by atoms with Crippen LogP contribution in [0, 0.1) is 0 Å². The molecule has 4 N–H and O–H groups in total. The molecule has 0 heterocycles. The minimum atomic E-state index is -1.82. The highest BCUT2D eigenvalue weighted by Crippen LogP contribution is 2.19. The summed E-state index contributed by atoms with van der Waals surface area (Å²) < 4.78 is 11.0. The molecule has 0 aliphatic carbocycles. The normalized spacial score (nSPS) is 9.58. The molecule has 24 heavy (non-hydrogen) atoms. The lowest BCUT2D eigenvalue weighted by Gasteiger charge is -2.08. The van der Waals surface area contributed by atoms with Crippen LogP contribution in [0.15, 0.2) is 24.3 Å². The van der Waals surface area contributed by atoms with Crippen LogP contribution >= 0.6 is 0 Å². The number of aliphatic hydroxyl groups is 1. The van der Waals surface area contributed by atoms with E-state index < -0.39 is 11.9 Å². The highest BCUT2D eigenvalue weighted by atomic mass is 16.5. The lowest BCUT2D eigenvalue weighted by molar-refractivity contribution is -0.159. The van der Waals surface area contributed by atoms with Gasteiger partial charge in [-0.2, -0.15) is 0 Å². The van der Waals surface area contributed by atoms with Crippen LogP contribution in [0.3, 0.4) is 0 Å². The van der Waals surface area contributed by atoms with Crippen molar-refractivity contribution in [2.75, 3.05) is 32.9 Å². The zero-order chi connectivity index (χ0) is 18.2. The van der Waals surface area contributed by atoms with Crippen molar-refractivity contribution in [1.29, 1.82) is 0 Å². The summed E-state index contributed by atoms with van der Waals surface area (Å²) in [5.41, 5.74) is 0. The molecule has 0 fully saturated rings. The van der Waals surface area contributed by atoms with Gasteiger partial charge in [-0.15, -0.1) is 0 Å². The summed E-state index contributed by atoms with van der Waals surface area (Å²) in [5, 5.41) is 26.5. The Kier molecular flexibility index (Phi) is 12.9. The second kappa shape index (κ2) is 14.3. The molecule has 0 unspecified atom stereocenters. The Bertz CT molecular complexity index is 467. The van der Waals surface area contributed by atoms with Crippen LogP contribution in [0.2, 0.25) is 0 Å². The van der Waals surface area contributed by atoms with Crippen molar-refractivity contribution in [3.05, 3.63) is 24.3 Å². The molecule has 8 heteroatoms. The fourth-order valence-corrected chi connectivity index (χ4v) is 1.57. The van der Waals surface area contributed by atoms with Crippen molar-refractivity contribution in [2.45, 2.75) is 19.8 Å². The van der Waals surface area contributed by atoms with E-state index in [2.05, 4.69) is 5.32 Å². The first-order chi connectivity index (χ1) is 11.5. The monoisotopic (exact) mass is 343 g/mol. The first-order valence-corrected chi connectivity index (χ1v) is 7.64. The molecule has 0 saturated carbocycles. The van der Waals surface area contributed by atoms with Crippen molar-refractivity contribution in [3.63, 3.8) is 0 Å². The summed E-state index contributed by atoms with van der Waals surface area (Å²) in [6.45, 7) is 5.12. The molecule has 0 aliphatic rings. The highest BCUT2D eigenvalue weighted by molar-refractivity contribution is 6.27. The van der Waals surface area contributed by atoms with Gasteiger partial charge in [0.15, 0.2) is 0 Å². The molecule has 1 rings (SSSR count). The molecule has 0 saturated heterocycles. The fraction of sp³-hybridized carbons (Fsp3) is 0.500. The predicted octanol–water partition coefficient (Wildman–Crippen LogP) is 0.982. The predicted molar refractivity (Wildman–Crippen MR) is 87.6 cm³/mol. The Morgan fingerprint density at radius 2 is 1.67 bits per heavy atom. The molecular weight excluding hydrogens is 318 g/mol. The van der Waals surface area contributed by atoms with Crippen LogP contribution < -0.4 is 14.8 Å². The van der Waals surface area contributed by atoms with Crippen LogP contribution in [-0.2, 0) is 9.59 Å². The van der Waals surface area contributed by atoms with Gasteiger partial charge in [0.25, 0.3) is 0 Å². The maximum atomic E-state index is 9.10. The van der Waals surface area contributed by atoms with E-state index in [1.807, 2.05) is 31.2 Å². The van der Waals surface area contributed by atoms with E-state index in [-0.39, 0.29) is 6.61 Å². The smallest absolute Gasteiger partial charge is 0.414 e. The number of hydrogen-bond acceptors (Lipinski definition) is 6. The van der Waals surface area contributed by atoms with Crippen LogP contribution in [0.25, 0.3) is 0 Å². The molecule has 1 aromatic rings. The third-order valence-corrected chi connectivity index (χ3v) is 2.60. The Balaban J connectivity index is 0.000000754. The van der Waals surface area contributed by atoms with Crippen molar-refractivity contribution >= 4 is 11.9 Å². The summed E-state index contributed by atoms with van der Waals surface area (Å²) in [5.74, 6) is -1.95. The van der Waals surface area contributed by atoms with Crippen LogP contribution in [0.5, 0.6) is 11.5 Å². The zero-order valence-corrected chi connectivity index (χ0v) is 13.7. The number of carboxylic acid groups (broad SMARTS) is 2. The number of aliphatic carboxylic acids is 2. The molecular formula is C16H25NO7. The van der Waals surface area contributed by atoms with E-state index >= 15 is 0 Å². The van der Waals surface area contributed by atoms with Gasteiger partial charge in [0.05, 0.1) is 19.8 Å². The number of aliphatic hydroxyl groups excluding tert-OH is 1. The Hall–Kier alpha value is -2.32. The number of hydrogen-bond donors (Lipinski definition) is 4. The average molecular weight is 343 g/mol. The van der Waals surface area contributed by atoms with Gasteiger partial charge >= 0.3 is 11.9 Å². The van der Waals surface area contributed by atoms with Crippen molar-refractivity contribution in [2.24, 2.45) is 0 Å². The average Bonchev–Trinajstić information content (AvgIpc) is 2.55. The van der Waals surface area contributed by atoms with Crippen LogP contribution in [0.4, 0.5) is 0 Å². The highest BCUT2D eigenvalue weighted by Gasteiger charge is 2.04. The quantitative estimate of drug-likeness (QED) is 0.366. The molecule has 0 aromatic heterocycles. The SMILES string of the molecule is CCOc1cccc(OCCCCNCCO)c1.O=C(O)C(=O)O. The molecule has 1 aromatic carbocycles. The minimum Gasteiger partial charge on any atom is -0.494 e. The summed E-state index contributed by atoms with van der Waals surface area (Å²) in [6.07, 6.45) is 2.04. The van der Waals surface area contributed by atoms with Gasteiger partial charge in [0, 0.05) is 12.6 Å². The number of carboxylic acids is 2. The number of rotatable bonds is 10. The molecule has 0 atom stereocenters. The number of unbranched alkanes of at least 4 members (excludes halogenated alkanes) is 1. The van der Waals surface area contributed by atoms with E-state index in [1.54, 1.807) is 0 Å². The van der Waals surface area contributed by atoms with Crippen LogP contribution in [0.1, 0.15) is 19.8 Å². The largest absolute Gasteiger partial charge is 0.494 e. The lowest BCUT2D eigenvalue weighted by atomic mass is 10.3. The fourth-order valence-electron chi connectivity index (χ4n) is 1.57. The van der Waals surface area contributed by atoms with E-state index in [1.165, 1.54) is 0 Å². The van der Waals surface area contributed by atoms with Gasteiger partial charge in [-0.1, -0.05) is 6.07 Å². The Morgan fingerprint density at radius 3 is 2.21 bits per heavy atom. The third kappa shape index (κ3) is 12.2. The Morgan fingerprint density at radius 1 is 1.04 bits per heavy atom. The van der Waals surface area contributed by atoms with E-state index in [0.29, 0.717) is 19.8 Å². The van der Waals surface area contributed by atoms with Crippen molar-refractivity contribution in [1.82, 2.24) is 5.32 Å². The van der Waals surface area contributed by atoms with Gasteiger partial charge in [-0.25, -0.2) is 9.59 Å². The molecule has 0 bridgehead atoms. The third-order valence-electron chi connectivity index (χ3n) is 2.60. The summed E-state index contributed by atoms with van der Waals surface area (Å²) in [6, 6.07) is 7.71. The molecule has 0 amide bonds. The number of nitrogens with one attached hydrogen (secondary N) is 1. The maximum absolute atomic E-state index is 9.10. The zero-order valence-electron chi connectivity index (χ0n) is 13.7. The van der Waals surface area contributed by atoms with Gasteiger partial charge in [-0.05, 0) is 38.4 Å². The van der Waals surface area contributed by atoms with Crippen molar-refractivity contribution in [3.8, 4) is 11.5 Å². The van der Waals surface area contributed by atoms with Gasteiger partial charge < -0.3 is 30.1 Å². The van der Waals surface area contributed by atoms with Gasteiger partial charge in [0.2, 0.25) is 0 Å². The maximum Gasteiger partial charge on any atom is 0.414 e. The van der Waals surface area contributed by atoms with Crippen LogP contribution in [-0.4, -0.2) is 60.2 Å². The standard InChI is InChI=1S/C14H23NO3.C2H2O4/c1-2-17-13-6-5-7-14(12-13)18-11-4-3-8-15-9-10-16;3-1(4)2(5)6/h5-7,12,15-16H,2-4,8-11H2,1H3;(H,3,4)(H,5,6). The molecule has 136 valence electrons.